The molecule has 5 heteroatoms. The van der Waals surface area contributed by atoms with E-state index in [4.69, 9.17) is 0 Å². The standard InChI is InChI=1S/C12H14N4O/c1-3-16-9-10(8-13-16)12(17)5-4-11-6-7-15(2)14-11/h4-9H,3H2,1-2H3/b5-4+. The number of carbonyl (C=O) groups excluding carboxylic acids is 1. The Morgan fingerprint density at radius 3 is 2.94 bits per heavy atom. The highest BCUT2D eigenvalue weighted by Crippen LogP contribution is 2.03. The normalized spacial score (nSPS) is 11.2. The second-order valence-corrected chi connectivity index (χ2v) is 3.70. The third kappa shape index (κ3) is 2.69. The van der Waals surface area contributed by atoms with Gasteiger partial charge in [0.25, 0.3) is 0 Å². The van der Waals surface area contributed by atoms with Crippen LogP contribution in [0.3, 0.4) is 0 Å². The molecule has 0 atom stereocenters. The Morgan fingerprint density at radius 1 is 1.53 bits per heavy atom. The predicted octanol–water partition coefficient (Wildman–Crippen LogP) is 1.53. The maximum absolute atomic E-state index is 11.8. The molecular weight excluding hydrogens is 216 g/mol. The van der Waals surface area contributed by atoms with E-state index < -0.39 is 0 Å². The van der Waals surface area contributed by atoms with Crippen LogP contribution in [0.25, 0.3) is 6.08 Å². The Morgan fingerprint density at radius 2 is 2.35 bits per heavy atom. The predicted molar refractivity (Wildman–Crippen MR) is 64.5 cm³/mol. The van der Waals surface area contributed by atoms with Crippen molar-refractivity contribution in [2.24, 2.45) is 7.05 Å². The summed E-state index contributed by atoms with van der Waals surface area (Å²) >= 11 is 0. The van der Waals surface area contributed by atoms with Gasteiger partial charge in [-0.3, -0.25) is 14.2 Å². The monoisotopic (exact) mass is 230 g/mol. The highest BCUT2D eigenvalue weighted by atomic mass is 16.1. The molecule has 0 spiro atoms. The smallest absolute Gasteiger partial charge is 0.189 e. The van der Waals surface area contributed by atoms with Crippen LogP contribution in [0.5, 0.6) is 0 Å². The van der Waals surface area contributed by atoms with Crippen LogP contribution in [0, 0.1) is 0 Å². The van der Waals surface area contributed by atoms with E-state index in [0.29, 0.717) is 5.56 Å². The van der Waals surface area contributed by atoms with E-state index in [1.807, 2.05) is 26.2 Å². The van der Waals surface area contributed by atoms with Crippen molar-refractivity contribution in [1.82, 2.24) is 19.6 Å². The molecule has 0 aliphatic heterocycles. The zero-order chi connectivity index (χ0) is 12.3. The second kappa shape index (κ2) is 4.78. The van der Waals surface area contributed by atoms with Crippen LogP contribution in [-0.2, 0) is 13.6 Å². The summed E-state index contributed by atoms with van der Waals surface area (Å²) in [4.78, 5) is 11.8. The van der Waals surface area contributed by atoms with Crippen molar-refractivity contribution in [2.45, 2.75) is 13.5 Å². The van der Waals surface area contributed by atoms with Crippen LogP contribution in [0.4, 0.5) is 0 Å². The van der Waals surface area contributed by atoms with Gasteiger partial charge in [0.15, 0.2) is 5.78 Å². The summed E-state index contributed by atoms with van der Waals surface area (Å²) in [7, 11) is 1.84. The van der Waals surface area contributed by atoms with Gasteiger partial charge in [0.05, 0.1) is 17.5 Å². The highest BCUT2D eigenvalue weighted by molar-refractivity contribution is 6.06. The number of hydrogen-bond acceptors (Lipinski definition) is 3. The first-order chi connectivity index (χ1) is 8.19. The van der Waals surface area contributed by atoms with Gasteiger partial charge in [0.2, 0.25) is 0 Å². The molecule has 2 aromatic rings. The summed E-state index contributed by atoms with van der Waals surface area (Å²) < 4.78 is 3.42. The van der Waals surface area contributed by atoms with E-state index in [1.165, 1.54) is 6.08 Å². The van der Waals surface area contributed by atoms with E-state index in [0.717, 1.165) is 12.2 Å². The lowest BCUT2D eigenvalue weighted by molar-refractivity contribution is 0.104. The molecule has 0 aromatic carbocycles. The summed E-state index contributed by atoms with van der Waals surface area (Å²) in [6.07, 6.45) is 8.36. The number of rotatable bonds is 4. The van der Waals surface area contributed by atoms with Crippen molar-refractivity contribution in [1.29, 1.82) is 0 Å². The number of carbonyl (C=O) groups is 1. The number of ketones is 1. The number of nitrogens with zero attached hydrogens (tertiary/aromatic N) is 4. The molecule has 0 saturated carbocycles. The first-order valence-corrected chi connectivity index (χ1v) is 5.43. The Hall–Kier alpha value is -2.17. The van der Waals surface area contributed by atoms with Gasteiger partial charge < -0.3 is 0 Å². The van der Waals surface area contributed by atoms with Crippen LogP contribution in [0.2, 0.25) is 0 Å². The largest absolute Gasteiger partial charge is 0.289 e. The summed E-state index contributed by atoms with van der Waals surface area (Å²) in [5.74, 6) is -0.0599. The lowest BCUT2D eigenvalue weighted by Gasteiger charge is -1.90. The Kier molecular flexibility index (Phi) is 3.18. The fourth-order valence-electron chi connectivity index (χ4n) is 1.44. The molecule has 0 fully saturated rings. The third-order valence-corrected chi connectivity index (χ3v) is 2.38. The Labute approximate surface area is 99.4 Å². The summed E-state index contributed by atoms with van der Waals surface area (Å²) in [5, 5.41) is 8.21. The number of allylic oxidation sites excluding steroid dienone is 1. The minimum atomic E-state index is -0.0599. The highest BCUT2D eigenvalue weighted by Gasteiger charge is 2.04. The van der Waals surface area contributed by atoms with Gasteiger partial charge in [0, 0.05) is 26.0 Å². The Bertz CT molecular complexity index is 550. The van der Waals surface area contributed by atoms with Crippen molar-refractivity contribution in [3.63, 3.8) is 0 Å². The van der Waals surface area contributed by atoms with Gasteiger partial charge in [-0.15, -0.1) is 0 Å². The van der Waals surface area contributed by atoms with Crippen molar-refractivity contribution >= 4 is 11.9 Å². The molecule has 2 heterocycles. The van der Waals surface area contributed by atoms with Gasteiger partial charge in [-0.2, -0.15) is 10.2 Å². The van der Waals surface area contributed by atoms with E-state index in [2.05, 4.69) is 10.2 Å². The molecular formula is C12H14N4O. The SMILES string of the molecule is CCn1cc(C(=O)/C=C/c2ccn(C)n2)cn1. The van der Waals surface area contributed by atoms with Gasteiger partial charge in [-0.05, 0) is 25.1 Å². The molecule has 0 bridgehead atoms. The van der Waals surface area contributed by atoms with Gasteiger partial charge >= 0.3 is 0 Å². The number of aryl methyl sites for hydroxylation is 2. The second-order valence-electron chi connectivity index (χ2n) is 3.70. The molecule has 0 N–H and O–H groups in total. The molecule has 2 rings (SSSR count). The fraction of sp³-hybridized carbons (Fsp3) is 0.250. The molecule has 88 valence electrons. The maximum atomic E-state index is 11.8. The maximum Gasteiger partial charge on any atom is 0.189 e. The molecule has 0 aliphatic carbocycles. The van der Waals surface area contributed by atoms with E-state index in [1.54, 1.807) is 27.8 Å². The molecule has 2 aromatic heterocycles. The molecule has 0 aliphatic rings. The first kappa shape index (κ1) is 11.3. The van der Waals surface area contributed by atoms with Gasteiger partial charge in [0.1, 0.15) is 0 Å². The minimum absolute atomic E-state index is 0.0599. The topological polar surface area (TPSA) is 52.7 Å². The zero-order valence-electron chi connectivity index (χ0n) is 9.87. The number of hydrogen-bond donors (Lipinski definition) is 0. The number of aromatic nitrogens is 4. The van der Waals surface area contributed by atoms with Crippen molar-refractivity contribution in [3.8, 4) is 0 Å². The van der Waals surface area contributed by atoms with Crippen LogP contribution < -0.4 is 0 Å². The zero-order valence-corrected chi connectivity index (χ0v) is 9.87. The van der Waals surface area contributed by atoms with Crippen LogP contribution in [0.1, 0.15) is 23.0 Å². The molecule has 0 amide bonds. The van der Waals surface area contributed by atoms with Crippen molar-refractivity contribution in [3.05, 3.63) is 42.0 Å². The Balaban J connectivity index is 2.08. The average molecular weight is 230 g/mol. The van der Waals surface area contributed by atoms with Gasteiger partial charge in [-0.25, -0.2) is 0 Å². The van der Waals surface area contributed by atoms with Crippen molar-refractivity contribution in [2.75, 3.05) is 0 Å². The molecule has 17 heavy (non-hydrogen) atoms. The van der Waals surface area contributed by atoms with Gasteiger partial charge in [-0.1, -0.05) is 0 Å². The fourth-order valence-corrected chi connectivity index (χ4v) is 1.44. The van der Waals surface area contributed by atoms with E-state index in [9.17, 15) is 4.79 Å². The molecule has 0 saturated heterocycles. The molecule has 0 radical (unpaired) electrons. The van der Waals surface area contributed by atoms with E-state index in [-0.39, 0.29) is 5.78 Å². The molecule has 0 unspecified atom stereocenters. The lowest BCUT2D eigenvalue weighted by Crippen LogP contribution is -1.94. The van der Waals surface area contributed by atoms with E-state index >= 15 is 0 Å². The summed E-state index contributed by atoms with van der Waals surface area (Å²) in [6.45, 7) is 2.74. The molecule has 5 nitrogen and oxygen atoms in total. The van der Waals surface area contributed by atoms with Crippen LogP contribution >= 0.6 is 0 Å². The van der Waals surface area contributed by atoms with Crippen LogP contribution in [-0.4, -0.2) is 25.3 Å². The van der Waals surface area contributed by atoms with Crippen LogP contribution in [0.15, 0.2) is 30.7 Å². The first-order valence-electron chi connectivity index (χ1n) is 5.43. The minimum Gasteiger partial charge on any atom is -0.289 e. The summed E-state index contributed by atoms with van der Waals surface area (Å²) in [6, 6.07) is 1.85. The average Bonchev–Trinajstić information content (AvgIpc) is 2.94. The third-order valence-electron chi connectivity index (χ3n) is 2.38. The summed E-state index contributed by atoms with van der Waals surface area (Å²) in [5.41, 5.74) is 1.36. The quantitative estimate of drug-likeness (QED) is 0.591. The van der Waals surface area contributed by atoms with Crippen molar-refractivity contribution < 1.29 is 4.79 Å². The lowest BCUT2D eigenvalue weighted by atomic mass is 10.2.